The van der Waals surface area contributed by atoms with Crippen molar-refractivity contribution in [1.29, 1.82) is 0 Å². The molecular formula is C62H109NO18. The Balaban J connectivity index is 1.50. The highest BCUT2D eigenvalue weighted by Gasteiger charge is 2.53. The van der Waals surface area contributed by atoms with E-state index in [9.17, 15) is 61.0 Å². The highest BCUT2D eigenvalue weighted by molar-refractivity contribution is 5.77. The van der Waals surface area contributed by atoms with Crippen molar-refractivity contribution >= 4 is 5.91 Å². The van der Waals surface area contributed by atoms with Crippen molar-refractivity contribution in [2.24, 2.45) is 0 Å². The first-order valence-corrected chi connectivity index (χ1v) is 31.0. The zero-order valence-electron chi connectivity index (χ0n) is 49.0. The molecule has 0 aromatic heterocycles. The summed E-state index contributed by atoms with van der Waals surface area (Å²) in [7, 11) is 0. The molecule has 3 aliphatic heterocycles. The number of hydrogen-bond acceptors (Lipinski definition) is 18. The summed E-state index contributed by atoms with van der Waals surface area (Å²) in [4.78, 5) is 13.3. The summed E-state index contributed by atoms with van der Waals surface area (Å²) in [5, 5.41) is 120. The number of ether oxygens (including phenoxy) is 6. The third-order valence-corrected chi connectivity index (χ3v) is 15.4. The molecule has 1 amide bonds. The van der Waals surface area contributed by atoms with Crippen LogP contribution in [0.5, 0.6) is 0 Å². The number of hydrogen-bond donors (Lipinski definition) is 12. The van der Waals surface area contributed by atoms with Crippen LogP contribution in [0.2, 0.25) is 0 Å². The molecule has 0 bridgehead atoms. The van der Waals surface area contributed by atoms with Gasteiger partial charge in [0, 0.05) is 6.42 Å². The highest BCUT2D eigenvalue weighted by atomic mass is 16.8. The topological polar surface area (TPSA) is 307 Å². The molecule has 3 saturated heterocycles. The predicted octanol–water partition coefficient (Wildman–Crippen LogP) is 6.04. The molecule has 17 atom stereocenters. The number of aliphatic hydroxyl groups excluding tert-OH is 11. The minimum atomic E-state index is -1.98. The van der Waals surface area contributed by atoms with Crippen LogP contribution in [0, 0.1) is 0 Å². The van der Waals surface area contributed by atoms with Gasteiger partial charge in [-0.1, -0.05) is 209 Å². The summed E-state index contributed by atoms with van der Waals surface area (Å²) in [6.45, 7) is 1.60. The fourth-order valence-electron chi connectivity index (χ4n) is 10.3. The van der Waals surface area contributed by atoms with Crippen LogP contribution < -0.4 is 5.32 Å². The van der Waals surface area contributed by atoms with E-state index in [1.165, 1.54) is 109 Å². The summed E-state index contributed by atoms with van der Waals surface area (Å²) in [6, 6.07) is -0.944. The Bertz CT molecular complexity index is 1710. The lowest BCUT2D eigenvalue weighted by Crippen LogP contribution is -2.66. The molecule has 470 valence electrons. The lowest BCUT2D eigenvalue weighted by molar-refractivity contribution is -0.379. The number of carbonyl (C=O) groups excluding carboxylic acids is 1. The van der Waals surface area contributed by atoms with Gasteiger partial charge in [-0.3, -0.25) is 4.79 Å². The van der Waals surface area contributed by atoms with E-state index < -0.39 is 124 Å². The Morgan fingerprint density at radius 3 is 1.22 bits per heavy atom. The molecule has 0 aromatic carbocycles. The first kappa shape index (κ1) is 72.7. The largest absolute Gasteiger partial charge is 0.394 e. The molecule has 0 radical (unpaired) electrons. The van der Waals surface area contributed by atoms with Crippen molar-refractivity contribution in [3.8, 4) is 0 Å². The Morgan fingerprint density at radius 1 is 0.444 bits per heavy atom. The van der Waals surface area contributed by atoms with Gasteiger partial charge in [0.05, 0.1) is 38.6 Å². The molecule has 3 rings (SSSR count). The normalized spacial score (nSPS) is 30.2. The minimum absolute atomic E-state index is 0.0323. The summed E-state index contributed by atoms with van der Waals surface area (Å²) in [5.41, 5.74) is 0. The minimum Gasteiger partial charge on any atom is -0.394 e. The van der Waals surface area contributed by atoms with Crippen LogP contribution in [0.25, 0.3) is 0 Å². The van der Waals surface area contributed by atoms with Gasteiger partial charge in [-0.05, 0) is 38.5 Å². The molecule has 17 unspecified atom stereocenters. The van der Waals surface area contributed by atoms with Crippen LogP contribution in [-0.2, 0) is 33.2 Å². The maximum atomic E-state index is 13.3. The third-order valence-electron chi connectivity index (χ3n) is 15.4. The van der Waals surface area contributed by atoms with E-state index in [-0.39, 0.29) is 18.9 Å². The molecule has 0 aromatic rings. The van der Waals surface area contributed by atoms with Crippen molar-refractivity contribution in [3.05, 3.63) is 60.8 Å². The standard InChI is InChI=1S/C62H109NO18/c1-3-5-7-9-11-13-15-17-19-20-21-22-23-24-26-27-29-31-33-35-37-39-46(67)45(63-50(68)40-38-36-34-32-30-28-25-18-16-14-12-10-8-6-4-2)44-76-60-56(74)53(71)58(48(42-65)78-60)81-62-57(75)54(72)59(49(43-66)79-62)80-61-55(73)52(70)51(69)47(41-64)77-61/h6,8,12,14,18,25,30,32,36,38,45-49,51-62,64-67,69-75H,3-5,7,9-11,13,15-17,19-24,26-29,31,33-35,37,39-44H2,1-2H3,(H,63,68)/b8-6-,14-12-,25-18-,32-30-,38-36-. The number of aliphatic hydroxyl groups is 11. The van der Waals surface area contributed by atoms with Crippen LogP contribution in [0.3, 0.4) is 0 Å². The number of amides is 1. The van der Waals surface area contributed by atoms with Crippen LogP contribution >= 0.6 is 0 Å². The van der Waals surface area contributed by atoms with Gasteiger partial charge in [-0.2, -0.15) is 0 Å². The van der Waals surface area contributed by atoms with Crippen molar-refractivity contribution < 1.29 is 89.4 Å². The average Bonchev–Trinajstić information content (AvgIpc) is 3.52. The molecular weight excluding hydrogens is 1050 g/mol. The number of nitrogens with one attached hydrogen (secondary N) is 1. The SMILES string of the molecule is CC/C=C\C/C=C\C/C=C\C/C=C\C/C=C\CC(=O)NC(COC1OC(CO)C(OC2OC(CO)C(OC3OC(CO)C(O)C(O)C3O)C(O)C2O)C(O)C1O)C(O)CCCCCCCCCCCCCCCCCCCCCCC. The maximum absolute atomic E-state index is 13.3. The summed E-state index contributed by atoms with van der Waals surface area (Å²) >= 11 is 0. The van der Waals surface area contributed by atoms with Crippen LogP contribution in [0.4, 0.5) is 0 Å². The van der Waals surface area contributed by atoms with E-state index in [4.69, 9.17) is 28.4 Å². The van der Waals surface area contributed by atoms with E-state index in [0.717, 1.165) is 44.9 Å². The average molecular weight is 1160 g/mol. The molecule has 3 heterocycles. The van der Waals surface area contributed by atoms with E-state index in [2.05, 4.69) is 61.7 Å². The number of carbonyl (C=O) groups is 1. The van der Waals surface area contributed by atoms with E-state index in [1.807, 2.05) is 12.2 Å². The first-order chi connectivity index (χ1) is 39.3. The second kappa shape index (κ2) is 44.9. The number of rotatable bonds is 45. The smallest absolute Gasteiger partial charge is 0.224 e. The molecule has 0 aliphatic carbocycles. The van der Waals surface area contributed by atoms with Gasteiger partial charge in [0.2, 0.25) is 5.91 Å². The van der Waals surface area contributed by atoms with Gasteiger partial charge < -0.3 is 89.9 Å². The molecule has 12 N–H and O–H groups in total. The van der Waals surface area contributed by atoms with Crippen molar-refractivity contribution in [2.45, 2.75) is 298 Å². The fraction of sp³-hybridized carbons (Fsp3) is 0.823. The van der Waals surface area contributed by atoms with Gasteiger partial charge in [0.25, 0.3) is 0 Å². The zero-order chi connectivity index (χ0) is 59.0. The van der Waals surface area contributed by atoms with Crippen LogP contribution in [-0.4, -0.2) is 193 Å². The highest BCUT2D eigenvalue weighted by Crippen LogP contribution is 2.33. The fourth-order valence-corrected chi connectivity index (χ4v) is 10.3. The van der Waals surface area contributed by atoms with Crippen molar-refractivity contribution in [2.75, 3.05) is 26.4 Å². The van der Waals surface area contributed by atoms with Crippen molar-refractivity contribution in [3.63, 3.8) is 0 Å². The first-order valence-electron chi connectivity index (χ1n) is 31.0. The molecule has 19 nitrogen and oxygen atoms in total. The van der Waals surface area contributed by atoms with E-state index >= 15 is 0 Å². The van der Waals surface area contributed by atoms with Crippen LogP contribution in [0.1, 0.15) is 194 Å². The number of allylic oxidation sites excluding steroid dienone is 9. The van der Waals surface area contributed by atoms with Gasteiger partial charge >= 0.3 is 0 Å². The Kier molecular flexibility index (Phi) is 40.3. The van der Waals surface area contributed by atoms with Gasteiger partial charge in [0.15, 0.2) is 18.9 Å². The number of unbranched alkanes of at least 4 members (excludes halogenated alkanes) is 20. The molecule has 3 aliphatic rings. The second-order valence-electron chi connectivity index (χ2n) is 22.2. The van der Waals surface area contributed by atoms with Crippen molar-refractivity contribution in [1.82, 2.24) is 5.32 Å². The third kappa shape index (κ3) is 28.5. The summed E-state index contributed by atoms with van der Waals surface area (Å²) in [5.74, 6) is -0.370. The summed E-state index contributed by atoms with van der Waals surface area (Å²) < 4.78 is 34.3. The van der Waals surface area contributed by atoms with E-state index in [1.54, 1.807) is 6.08 Å². The Labute approximate surface area is 484 Å². The van der Waals surface area contributed by atoms with E-state index in [0.29, 0.717) is 19.3 Å². The van der Waals surface area contributed by atoms with Gasteiger partial charge in [-0.25, -0.2) is 0 Å². The predicted molar refractivity (Wildman–Crippen MR) is 309 cm³/mol. The van der Waals surface area contributed by atoms with Crippen LogP contribution in [0.15, 0.2) is 60.8 Å². The Morgan fingerprint density at radius 2 is 0.802 bits per heavy atom. The molecule has 0 spiro atoms. The second-order valence-corrected chi connectivity index (χ2v) is 22.2. The zero-order valence-corrected chi connectivity index (χ0v) is 49.0. The Hall–Kier alpha value is -2.51. The molecule has 81 heavy (non-hydrogen) atoms. The molecule has 3 fully saturated rings. The monoisotopic (exact) mass is 1160 g/mol. The van der Waals surface area contributed by atoms with Gasteiger partial charge in [-0.15, -0.1) is 0 Å². The summed E-state index contributed by atoms with van der Waals surface area (Å²) in [6.07, 6.45) is 24.8. The molecule has 0 saturated carbocycles. The lowest BCUT2D eigenvalue weighted by atomic mass is 9.96. The molecule has 19 heteroatoms. The maximum Gasteiger partial charge on any atom is 0.224 e. The quantitative estimate of drug-likeness (QED) is 0.0244. The lowest BCUT2D eigenvalue weighted by Gasteiger charge is -2.48. The van der Waals surface area contributed by atoms with Gasteiger partial charge in [0.1, 0.15) is 73.2 Å².